The van der Waals surface area contributed by atoms with Crippen LogP contribution in [0.1, 0.15) is 11.7 Å². The van der Waals surface area contributed by atoms with Gasteiger partial charge in [0.25, 0.3) is 5.69 Å². The zero-order valence-electron chi connectivity index (χ0n) is 13.1. The summed E-state index contributed by atoms with van der Waals surface area (Å²) in [7, 11) is 0. The van der Waals surface area contributed by atoms with E-state index in [0.29, 0.717) is 5.88 Å². The number of nitro benzene ring substituents is 1. The van der Waals surface area contributed by atoms with Crippen LogP contribution in [0.4, 0.5) is 22.9 Å². The van der Waals surface area contributed by atoms with Crippen LogP contribution in [0.3, 0.4) is 0 Å². The second kappa shape index (κ2) is 6.12. The van der Waals surface area contributed by atoms with Crippen molar-refractivity contribution in [1.29, 1.82) is 0 Å². The van der Waals surface area contributed by atoms with E-state index in [0.717, 1.165) is 16.9 Å². The lowest BCUT2D eigenvalue weighted by Crippen LogP contribution is -2.34. The summed E-state index contributed by atoms with van der Waals surface area (Å²) >= 11 is 0. The van der Waals surface area contributed by atoms with Gasteiger partial charge in [0.2, 0.25) is 5.88 Å². The van der Waals surface area contributed by atoms with Crippen LogP contribution in [0, 0.1) is 10.1 Å². The molecule has 25 heavy (non-hydrogen) atoms. The Morgan fingerprint density at radius 3 is 2.56 bits per heavy atom. The molecule has 0 radical (unpaired) electrons. The fourth-order valence-electron chi connectivity index (χ4n) is 2.76. The third-order valence-electron chi connectivity index (χ3n) is 3.98. The predicted octanol–water partition coefficient (Wildman–Crippen LogP) is 4.48. The largest absolute Gasteiger partial charge is 0.446 e. The van der Waals surface area contributed by atoms with Crippen LogP contribution < -0.4 is 10.2 Å². The predicted molar refractivity (Wildman–Crippen MR) is 95.2 cm³/mol. The monoisotopic (exact) mass is 334 g/mol. The first kappa shape index (κ1) is 14.9. The Bertz CT molecular complexity index is 919. The van der Waals surface area contributed by atoms with Gasteiger partial charge in [-0.1, -0.05) is 18.2 Å². The van der Waals surface area contributed by atoms with Crippen molar-refractivity contribution >= 4 is 29.3 Å². The number of non-ortho nitro benzene ring substituents is 1. The molecule has 1 aliphatic heterocycles. The quantitative estimate of drug-likeness (QED) is 0.562. The molecule has 4 rings (SSSR count). The third kappa shape index (κ3) is 2.83. The molecule has 1 N–H and O–H groups in total. The maximum atomic E-state index is 10.9. The van der Waals surface area contributed by atoms with E-state index in [-0.39, 0.29) is 11.9 Å². The van der Waals surface area contributed by atoms with Crippen molar-refractivity contribution in [1.82, 2.24) is 0 Å². The number of hydrogen-bond donors (Lipinski definition) is 1. The molecule has 0 spiro atoms. The minimum absolute atomic E-state index is 0.0502. The summed E-state index contributed by atoms with van der Waals surface area (Å²) in [6.07, 6.45) is 3.02. The maximum Gasteiger partial charge on any atom is 0.269 e. The summed E-state index contributed by atoms with van der Waals surface area (Å²) < 4.78 is 5.40. The highest BCUT2D eigenvalue weighted by Gasteiger charge is 2.28. The number of rotatable bonds is 4. The van der Waals surface area contributed by atoms with Crippen LogP contribution in [-0.4, -0.2) is 11.3 Å². The molecule has 2 aromatic carbocycles. The summed E-state index contributed by atoms with van der Waals surface area (Å²) in [6.45, 7) is 0. The molecular formula is C18H14N4O3. The lowest BCUT2D eigenvalue weighted by Gasteiger charge is -2.33. The first-order valence-corrected chi connectivity index (χ1v) is 7.68. The van der Waals surface area contributed by atoms with Crippen molar-refractivity contribution in [2.75, 3.05) is 10.2 Å². The summed E-state index contributed by atoms with van der Waals surface area (Å²) in [6, 6.07) is 18.0. The Hall–Kier alpha value is -3.61. The SMILES string of the molecule is O=[N+]([O-])c1ccc(N2C=Nc3occc3C2Nc2ccccc2)cc1. The summed E-state index contributed by atoms with van der Waals surface area (Å²) in [5, 5.41) is 14.3. The minimum atomic E-state index is -0.415. The lowest BCUT2D eigenvalue weighted by atomic mass is 10.1. The standard InChI is InChI=1S/C18H14N4O3/c23-22(24)15-8-6-14(7-9-15)21-12-19-18-16(10-11-25-18)17(21)20-13-4-2-1-3-5-13/h1-12,17,20H. The van der Waals surface area contributed by atoms with Crippen molar-refractivity contribution in [2.24, 2.45) is 4.99 Å². The fraction of sp³-hybridized carbons (Fsp3) is 0.0556. The highest BCUT2D eigenvalue weighted by molar-refractivity contribution is 5.85. The summed E-state index contributed by atoms with van der Waals surface area (Å²) in [5.74, 6) is 0.548. The first-order valence-electron chi connectivity index (χ1n) is 7.68. The summed E-state index contributed by atoms with van der Waals surface area (Å²) in [5.41, 5.74) is 2.68. The molecule has 1 aliphatic rings. The normalized spacial score (nSPS) is 15.7. The number of fused-ring (bicyclic) bond motifs is 1. The lowest BCUT2D eigenvalue weighted by molar-refractivity contribution is -0.384. The van der Waals surface area contributed by atoms with Crippen LogP contribution in [-0.2, 0) is 0 Å². The van der Waals surface area contributed by atoms with Crippen LogP contribution in [0.5, 0.6) is 0 Å². The van der Waals surface area contributed by atoms with Crippen LogP contribution in [0.15, 0.2) is 76.3 Å². The zero-order valence-corrected chi connectivity index (χ0v) is 13.1. The second-order valence-corrected chi connectivity index (χ2v) is 5.52. The van der Waals surface area contributed by atoms with Crippen LogP contribution in [0.2, 0.25) is 0 Å². The molecule has 0 fully saturated rings. The van der Waals surface area contributed by atoms with Gasteiger partial charge in [0.15, 0.2) is 0 Å². The van der Waals surface area contributed by atoms with Crippen LogP contribution in [0.25, 0.3) is 0 Å². The van der Waals surface area contributed by atoms with Crippen LogP contribution >= 0.6 is 0 Å². The Balaban J connectivity index is 1.70. The highest BCUT2D eigenvalue weighted by Crippen LogP contribution is 2.37. The first-order chi connectivity index (χ1) is 12.2. The van der Waals surface area contributed by atoms with Crippen molar-refractivity contribution in [2.45, 2.75) is 6.17 Å². The van der Waals surface area contributed by atoms with Crippen molar-refractivity contribution in [3.05, 3.63) is 82.6 Å². The molecule has 0 amide bonds. The average Bonchev–Trinajstić information content (AvgIpc) is 3.12. The highest BCUT2D eigenvalue weighted by atomic mass is 16.6. The van der Waals surface area contributed by atoms with Gasteiger partial charge in [-0.05, 0) is 30.3 Å². The van der Waals surface area contributed by atoms with Gasteiger partial charge < -0.3 is 14.6 Å². The molecule has 2 heterocycles. The number of nitrogens with zero attached hydrogens (tertiary/aromatic N) is 3. The Morgan fingerprint density at radius 1 is 1.08 bits per heavy atom. The molecular weight excluding hydrogens is 320 g/mol. The summed E-state index contributed by atoms with van der Waals surface area (Å²) in [4.78, 5) is 16.7. The van der Waals surface area contributed by atoms with Gasteiger partial charge in [-0.25, -0.2) is 4.99 Å². The average molecular weight is 334 g/mol. The molecule has 0 saturated carbocycles. The van der Waals surface area contributed by atoms with Gasteiger partial charge in [-0.3, -0.25) is 10.1 Å². The van der Waals surface area contributed by atoms with Gasteiger partial charge >= 0.3 is 0 Å². The van der Waals surface area contributed by atoms with Crippen molar-refractivity contribution < 1.29 is 9.34 Å². The molecule has 1 aromatic heterocycles. The van der Waals surface area contributed by atoms with Gasteiger partial charge in [-0.15, -0.1) is 0 Å². The van der Waals surface area contributed by atoms with Gasteiger partial charge in [0.05, 0.1) is 16.7 Å². The third-order valence-corrected chi connectivity index (χ3v) is 3.98. The Kier molecular flexibility index (Phi) is 3.66. The number of hydrogen-bond acceptors (Lipinski definition) is 6. The van der Waals surface area contributed by atoms with E-state index in [9.17, 15) is 10.1 Å². The molecule has 0 aliphatic carbocycles. The van der Waals surface area contributed by atoms with E-state index in [4.69, 9.17) is 4.42 Å². The van der Waals surface area contributed by atoms with E-state index < -0.39 is 4.92 Å². The topological polar surface area (TPSA) is 83.9 Å². The zero-order chi connectivity index (χ0) is 17.2. The second-order valence-electron chi connectivity index (χ2n) is 5.52. The Labute approximate surface area is 143 Å². The number of para-hydroxylation sites is 1. The number of benzene rings is 2. The van der Waals surface area contributed by atoms with Gasteiger partial charge in [-0.2, -0.15) is 0 Å². The number of furan rings is 1. The van der Waals surface area contributed by atoms with E-state index in [1.165, 1.54) is 12.1 Å². The molecule has 7 heteroatoms. The minimum Gasteiger partial charge on any atom is -0.446 e. The number of anilines is 2. The Morgan fingerprint density at radius 2 is 1.84 bits per heavy atom. The molecule has 0 bridgehead atoms. The number of nitro groups is 1. The van der Waals surface area contributed by atoms with Gasteiger partial charge in [0, 0.05) is 23.5 Å². The molecule has 1 unspecified atom stereocenters. The van der Waals surface area contributed by atoms with E-state index in [1.54, 1.807) is 24.7 Å². The van der Waals surface area contributed by atoms with E-state index in [2.05, 4.69) is 10.3 Å². The molecule has 124 valence electrons. The molecule has 1 atom stereocenters. The smallest absolute Gasteiger partial charge is 0.269 e. The van der Waals surface area contributed by atoms with E-state index in [1.807, 2.05) is 41.3 Å². The molecule has 0 saturated heterocycles. The van der Waals surface area contributed by atoms with Crippen molar-refractivity contribution in [3.63, 3.8) is 0 Å². The molecule has 7 nitrogen and oxygen atoms in total. The van der Waals surface area contributed by atoms with E-state index >= 15 is 0 Å². The van der Waals surface area contributed by atoms with Gasteiger partial charge in [0.1, 0.15) is 12.5 Å². The fourth-order valence-corrected chi connectivity index (χ4v) is 2.76. The number of nitrogens with one attached hydrogen (secondary N) is 1. The number of aliphatic imine (C=N–C) groups is 1. The molecule has 3 aromatic rings. The maximum absolute atomic E-state index is 10.9. The van der Waals surface area contributed by atoms with Crippen molar-refractivity contribution in [3.8, 4) is 0 Å².